The third-order valence-corrected chi connectivity index (χ3v) is 2.43. The molecule has 0 atom stereocenters. The molecule has 0 aromatic heterocycles. The molecule has 0 rings (SSSR count). The Morgan fingerprint density at radius 3 is 2.33 bits per heavy atom. The molecule has 18 heavy (non-hydrogen) atoms. The number of carbonyl (C=O) groups is 3. The average Bonchev–Trinajstić information content (AvgIpc) is 2.32. The molecular formula is C12H22N2O4. The first-order chi connectivity index (χ1) is 8.51. The lowest BCUT2D eigenvalue weighted by Crippen LogP contribution is -2.35. The maximum Gasteiger partial charge on any atom is 0.323 e. The highest BCUT2D eigenvalue weighted by molar-refractivity contribution is 5.82. The van der Waals surface area contributed by atoms with Crippen molar-refractivity contribution in [2.24, 2.45) is 0 Å². The fourth-order valence-electron chi connectivity index (χ4n) is 1.45. The molecular weight excluding hydrogens is 236 g/mol. The molecule has 0 radical (unpaired) electrons. The highest BCUT2D eigenvalue weighted by atomic mass is 16.4. The molecule has 0 spiro atoms. The van der Waals surface area contributed by atoms with Crippen molar-refractivity contribution in [3.05, 3.63) is 0 Å². The van der Waals surface area contributed by atoms with E-state index < -0.39 is 5.97 Å². The quantitative estimate of drug-likeness (QED) is 0.634. The summed E-state index contributed by atoms with van der Waals surface area (Å²) in [5.41, 5.74) is 0. The number of rotatable bonds is 9. The Hall–Kier alpha value is -1.59. The van der Waals surface area contributed by atoms with Gasteiger partial charge in [-0.15, -0.1) is 0 Å². The van der Waals surface area contributed by atoms with Crippen molar-refractivity contribution in [2.75, 3.05) is 19.6 Å². The number of nitrogens with zero attached hydrogens (tertiary/aromatic N) is 1. The summed E-state index contributed by atoms with van der Waals surface area (Å²) < 4.78 is 0. The third-order valence-electron chi connectivity index (χ3n) is 2.43. The maximum absolute atomic E-state index is 11.6. The van der Waals surface area contributed by atoms with Crippen LogP contribution in [0.1, 0.15) is 39.5 Å². The number of nitrogens with one attached hydrogen (secondary N) is 1. The summed E-state index contributed by atoms with van der Waals surface area (Å²) >= 11 is 0. The monoisotopic (exact) mass is 258 g/mol. The standard InChI is InChI=1S/C12H22N2O4/c1-3-8-13-10(15)6-5-7-11(16)14(4-2)9-12(17)18/h3-9H2,1-2H3,(H,13,15)(H,17,18). The van der Waals surface area contributed by atoms with Gasteiger partial charge in [-0.2, -0.15) is 0 Å². The summed E-state index contributed by atoms with van der Waals surface area (Å²) in [4.78, 5) is 34.7. The number of hydrogen-bond acceptors (Lipinski definition) is 3. The van der Waals surface area contributed by atoms with E-state index in [9.17, 15) is 14.4 Å². The molecule has 6 nitrogen and oxygen atoms in total. The largest absolute Gasteiger partial charge is 0.480 e. The van der Waals surface area contributed by atoms with Crippen molar-refractivity contribution < 1.29 is 19.5 Å². The summed E-state index contributed by atoms with van der Waals surface area (Å²) in [7, 11) is 0. The van der Waals surface area contributed by atoms with Gasteiger partial charge in [0, 0.05) is 25.9 Å². The first-order valence-electron chi connectivity index (χ1n) is 6.27. The molecule has 0 unspecified atom stereocenters. The molecule has 0 bridgehead atoms. The molecule has 6 heteroatoms. The minimum Gasteiger partial charge on any atom is -0.480 e. The van der Waals surface area contributed by atoms with Crippen molar-refractivity contribution in [2.45, 2.75) is 39.5 Å². The summed E-state index contributed by atoms with van der Waals surface area (Å²) in [6, 6.07) is 0. The van der Waals surface area contributed by atoms with Gasteiger partial charge in [0.25, 0.3) is 0 Å². The van der Waals surface area contributed by atoms with E-state index in [1.807, 2.05) is 6.92 Å². The highest BCUT2D eigenvalue weighted by Crippen LogP contribution is 2.01. The Morgan fingerprint density at radius 1 is 1.17 bits per heavy atom. The summed E-state index contributed by atoms with van der Waals surface area (Å²) in [5, 5.41) is 11.3. The second kappa shape index (κ2) is 9.44. The first kappa shape index (κ1) is 16.4. The predicted molar refractivity (Wildman–Crippen MR) is 67.0 cm³/mol. The van der Waals surface area contributed by atoms with Gasteiger partial charge in [0.2, 0.25) is 11.8 Å². The van der Waals surface area contributed by atoms with E-state index in [1.54, 1.807) is 6.92 Å². The maximum atomic E-state index is 11.6. The fourth-order valence-corrected chi connectivity index (χ4v) is 1.45. The SMILES string of the molecule is CCCNC(=O)CCCC(=O)N(CC)CC(=O)O. The number of carboxylic acids is 1. The molecule has 2 N–H and O–H groups in total. The molecule has 104 valence electrons. The highest BCUT2D eigenvalue weighted by Gasteiger charge is 2.14. The second-order valence-electron chi connectivity index (χ2n) is 4.01. The number of aliphatic carboxylic acids is 1. The van der Waals surface area contributed by atoms with Crippen molar-refractivity contribution in [3.8, 4) is 0 Å². The summed E-state index contributed by atoms with van der Waals surface area (Å²) in [6.45, 7) is 4.43. The third kappa shape index (κ3) is 7.65. The lowest BCUT2D eigenvalue weighted by Gasteiger charge is -2.18. The fraction of sp³-hybridized carbons (Fsp3) is 0.750. The van der Waals surface area contributed by atoms with Crippen LogP contribution in [0.2, 0.25) is 0 Å². The molecule has 0 aliphatic heterocycles. The van der Waals surface area contributed by atoms with Crippen molar-refractivity contribution in [1.82, 2.24) is 10.2 Å². The normalized spacial score (nSPS) is 9.89. The number of likely N-dealkylation sites (N-methyl/N-ethyl adjacent to an activating group) is 1. The molecule has 0 heterocycles. The predicted octanol–water partition coefficient (Wildman–Crippen LogP) is 0.616. The second-order valence-corrected chi connectivity index (χ2v) is 4.01. The van der Waals surface area contributed by atoms with E-state index in [4.69, 9.17) is 5.11 Å². The summed E-state index contributed by atoms with van der Waals surface area (Å²) in [6.07, 6.45) is 1.84. The molecule has 0 saturated heterocycles. The van der Waals surface area contributed by atoms with Gasteiger partial charge < -0.3 is 15.3 Å². The van der Waals surface area contributed by atoms with E-state index in [2.05, 4.69) is 5.32 Å². The topological polar surface area (TPSA) is 86.7 Å². The Bertz CT molecular complexity index is 292. The Labute approximate surface area is 107 Å². The van der Waals surface area contributed by atoms with Crippen LogP contribution in [0.5, 0.6) is 0 Å². The van der Waals surface area contributed by atoms with E-state index in [0.717, 1.165) is 6.42 Å². The molecule has 2 amide bonds. The van der Waals surface area contributed by atoms with Gasteiger partial charge in [-0.05, 0) is 19.8 Å². The Kier molecular flexibility index (Phi) is 8.61. The lowest BCUT2D eigenvalue weighted by atomic mass is 10.2. The lowest BCUT2D eigenvalue weighted by molar-refractivity contribution is -0.144. The minimum atomic E-state index is -1.02. The van der Waals surface area contributed by atoms with Gasteiger partial charge in [0.1, 0.15) is 6.54 Å². The van der Waals surface area contributed by atoms with Gasteiger partial charge in [-0.3, -0.25) is 14.4 Å². The van der Waals surface area contributed by atoms with Crippen molar-refractivity contribution in [3.63, 3.8) is 0 Å². The molecule has 0 saturated carbocycles. The zero-order valence-corrected chi connectivity index (χ0v) is 11.1. The van der Waals surface area contributed by atoms with Crippen LogP contribution < -0.4 is 5.32 Å². The van der Waals surface area contributed by atoms with Gasteiger partial charge in [0.05, 0.1) is 0 Å². The average molecular weight is 258 g/mol. The van der Waals surface area contributed by atoms with Crippen LogP contribution in [-0.2, 0) is 14.4 Å². The van der Waals surface area contributed by atoms with Gasteiger partial charge in [0.15, 0.2) is 0 Å². The Morgan fingerprint density at radius 2 is 1.83 bits per heavy atom. The number of carboxylic acid groups (broad SMARTS) is 1. The zero-order valence-electron chi connectivity index (χ0n) is 11.1. The van der Waals surface area contributed by atoms with Gasteiger partial charge in [-0.1, -0.05) is 6.92 Å². The Balaban J connectivity index is 3.87. The van der Waals surface area contributed by atoms with Crippen molar-refractivity contribution in [1.29, 1.82) is 0 Å². The van der Waals surface area contributed by atoms with E-state index in [0.29, 0.717) is 25.9 Å². The van der Waals surface area contributed by atoms with Crippen LogP contribution >= 0.6 is 0 Å². The first-order valence-corrected chi connectivity index (χ1v) is 6.27. The van der Waals surface area contributed by atoms with Crippen LogP contribution in [0.25, 0.3) is 0 Å². The van der Waals surface area contributed by atoms with E-state index in [-0.39, 0.29) is 24.8 Å². The smallest absolute Gasteiger partial charge is 0.323 e. The van der Waals surface area contributed by atoms with Crippen LogP contribution in [-0.4, -0.2) is 47.4 Å². The van der Waals surface area contributed by atoms with Crippen LogP contribution in [0.3, 0.4) is 0 Å². The molecule has 0 aliphatic rings. The van der Waals surface area contributed by atoms with Crippen molar-refractivity contribution >= 4 is 17.8 Å². The summed E-state index contributed by atoms with van der Waals surface area (Å²) in [5.74, 6) is -1.31. The molecule has 0 aromatic rings. The van der Waals surface area contributed by atoms with E-state index >= 15 is 0 Å². The number of carbonyl (C=O) groups excluding carboxylic acids is 2. The van der Waals surface area contributed by atoms with Crippen LogP contribution in [0, 0.1) is 0 Å². The molecule has 0 fully saturated rings. The molecule has 0 aromatic carbocycles. The van der Waals surface area contributed by atoms with E-state index in [1.165, 1.54) is 4.90 Å². The van der Waals surface area contributed by atoms with Gasteiger partial charge in [-0.25, -0.2) is 0 Å². The number of amides is 2. The number of hydrogen-bond donors (Lipinski definition) is 2. The molecule has 0 aliphatic carbocycles. The minimum absolute atomic E-state index is 0.0640. The van der Waals surface area contributed by atoms with Crippen LogP contribution in [0.15, 0.2) is 0 Å². The van der Waals surface area contributed by atoms with Crippen LogP contribution in [0.4, 0.5) is 0 Å². The zero-order chi connectivity index (χ0) is 14.0. The van der Waals surface area contributed by atoms with Gasteiger partial charge >= 0.3 is 5.97 Å².